The van der Waals surface area contributed by atoms with Crippen LogP contribution in [0, 0.1) is 31.0 Å². The topological polar surface area (TPSA) is 134 Å². The highest BCUT2D eigenvalue weighted by Crippen LogP contribution is 2.39. The zero-order valence-electron chi connectivity index (χ0n) is 11.8. The molecule has 0 radical (unpaired) electrons. The average Bonchev–Trinajstić information content (AvgIpc) is 3.21. The van der Waals surface area contributed by atoms with Crippen LogP contribution in [-0.2, 0) is 0 Å². The molecule has 1 aliphatic carbocycles. The van der Waals surface area contributed by atoms with Crippen LogP contribution in [0.25, 0.3) is 11.1 Å². The quantitative estimate of drug-likeness (QED) is 0.490. The molecule has 0 atom stereocenters. The van der Waals surface area contributed by atoms with Gasteiger partial charge in [-0.05, 0) is 22.9 Å². The van der Waals surface area contributed by atoms with E-state index in [1.54, 1.807) is 35.0 Å². The van der Waals surface area contributed by atoms with Crippen molar-refractivity contribution in [1.82, 2.24) is 0 Å². The third-order valence-electron chi connectivity index (χ3n) is 3.35. The van der Waals surface area contributed by atoms with Crippen LogP contribution >= 0.6 is 22.7 Å². The fraction of sp³-hybridized carbons (Fsp3) is 0. The van der Waals surface area contributed by atoms with Crippen LogP contribution < -0.4 is 0 Å². The van der Waals surface area contributed by atoms with Crippen LogP contribution in [0.2, 0.25) is 0 Å². The fourth-order valence-electron chi connectivity index (χ4n) is 2.40. The molecular formula is C14H8N4O4S2. The van der Waals surface area contributed by atoms with Crippen molar-refractivity contribution >= 4 is 45.2 Å². The van der Waals surface area contributed by atoms with Crippen molar-refractivity contribution < 1.29 is 9.85 Å². The normalized spacial score (nSPS) is 15.2. The third kappa shape index (κ3) is 2.37. The molecule has 10 heteroatoms. The van der Waals surface area contributed by atoms with Gasteiger partial charge in [0, 0.05) is 9.75 Å². The van der Waals surface area contributed by atoms with Crippen molar-refractivity contribution in [2.45, 2.75) is 0 Å². The van der Waals surface area contributed by atoms with Crippen LogP contribution in [0.5, 0.6) is 0 Å². The molecule has 1 aliphatic rings. The van der Waals surface area contributed by atoms with Crippen molar-refractivity contribution in [2.24, 2.45) is 0 Å². The predicted octanol–water partition coefficient (Wildman–Crippen LogP) is 3.54. The van der Waals surface area contributed by atoms with Crippen LogP contribution in [0.1, 0.15) is 9.75 Å². The number of hydrogen-bond acceptors (Lipinski definition) is 8. The van der Waals surface area contributed by atoms with Crippen molar-refractivity contribution in [3.63, 3.8) is 0 Å². The molecule has 0 aliphatic heterocycles. The van der Waals surface area contributed by atoms with Crippen molar-refractivity contribution in [1.29, 1.82) is 10.8 Å². The van der Waals surface area contributed by atoms with E-state index in [-0.39, 0.29) is 11.1 Å². The Morgan fingerprint density at radius 2 is 1.17 bits per heavy atom. The highest BCUT2D eigenvalue weighted by Gasteiger charge is 2.46. The van der Waals surface area contributed by atoms with Gasteiger partial charge in [0.1, 0.15) is 11.1 Å². The van der Waals surface area contributed by atoms with Gasteiger partial charge in [-0.15, -0.1) is 22.7 Å². The van der Waals surface area contributed by atoms with E-state index in [1.165, 1.54) is 0 Å². The number of rotatable bonds is 4. The van der Waals surface area contributed by atoms with Gasteiger partial charge < -0.3 is 0 Å². The minimum absolute atomic E-state index is 0.188. The molecular weight excluding hydrogens is 352 g/mol. The first kappa shape index (κ1) is 15.9. The summed E-state index contributed by atoms with van der Waals surface area (Å²) in [6.07, 6.45) is 0. The van der Waals surface area contributed by atoms with E-state index < -0.39 is 32.7 Å². The van der Waals surface area contributed by atoms with Crippen LogP contribution in [-0.4, -0.2) is 21.3 Å². The minimum atomic E-state index is -0.845. The second-order valence-corrected chi connectivity index (χ2v) is 6.56. The van der Waals surface area contributed by atoms with Crippen LogP contribution in [0.15, 0.2) is 46.4 Å². The maximum Gasteiger partial charge on any atom is 0.357 e. The molecule has 0 unspecified atom stereocenters. The number of hydrogen-bond donors (Lipinski definition) is 2. The molecule has 0 saturated heterocycles. The first-order valence-electron chi connectivity index (χ1n) is 6.47. The Morgan fingerprint density at radius 1 is 0.792 bits per heavy atom. The maximum atomic E-state index is 11.6. The Labute approximate surface area is 142 Å². The molecule has 2 aromatic rings. The standard InChI is InChI=1S/C14H8N4O4S2/c15-11-9(7-3-1-5-23-7)13(17(19)20)14(18(21)22)10(12(11)16)8-4-2-6-24-8/h1-6,15-16H. The second kappa shape index (κ2) is 5.91. The van der Waals surface area contributed by atoms with Crippen molar-refractivity contribution in [3.05, 3.63) is 76.4 Å². The number of nitrogens with zero attached hydrogens (tertiary/aromatic N) is 2. The van der Waals surface area contributed by atoms with Gasteiger partial charge in [-0.3, -0.25) is 31.0 Å². The molecule has 0 fully saturated rings. The molecule has 120 valence electrons. The predicted molar refractivity (Wildman–Crippen MR) is 91.9 cm³/mol. The Morgan fingerprint density at radius 3 is 1.42 bits per heavy atom. The van der Waals surface area contributed by atoms with Gasteiger partial charge in [-0.1, -0.05) is 12.1 Å². The van der Waals surface area contributed by atoms with E-state index in [1.807, 2.05) is 0 Å². The molecule has 24 heavy (non-hydrogen) atoms. The summed E-state index contributed by atoms with van der Waals surface area (Å²) in [5, 5.41) is 42.9. The first-order chi connectivity index (χ1) is 11.4. The lowest BCUT2D eigenvalue weighted by atomic mass is 9.88. The SMILES string of the molecule is N=C1C(=N)C(c2cccs2)=C([N+](=O)[O-])C([N+](=O)[O-])=C1c1cccs1. The Balaban J connectivity index is 2.44. The molecule has 2 aromatic heterocycles. The fourth-order valence-corrected chi connectivity index (χ4v) is 3.96. The highest BCUT2D eigenvalue weighted by molar-refractivity contribution is 7.12. The molecule has 0 bridgehead atoms. The molecule has 0 saturated carbocycles. The van der Waals surface area contributed by atoms with Crippen molar-refractivity contribution in [2.75, 3.05) is 0 Å². The maximum absolute atomic E-state index is 11.6. The lowest BCUT2D eigenvalue weighted by Crippen LogP contribution is -2.28. The smallest absolute Gasteiger partial charge is 0.298 e. The summed E-state index contributed by atoms with van der Waals surface area (Å²) in [5.41, 5.74) is -2.64. The summed E-state index contributed by atoms with van der Waals surface area (Å²) < 4.78 is 0. The molecule has 2 heterocycles. The Kier molecular flexibility index (Phi) is 3.91. The molecule has 0 spiro atoms. The first-order valence-corrected chi connectivity index (χ1v) is 8.23. The zero-order valence-corrected chi connectivity index (χ0v) is 13.4. The lowest BCUT2D eigenvalue weighted by molar-refractivity contribution is -0.477. The largest absolute Gasteiger partial charge is 0.357 e. The van der Waals surface area contributed by atoms with Crippen molar-refractivity contribution in [3.8, 4) is 0 Å². The average molecular weight is 360 g/mol. The monoisotopic (exact) mass is 360 g/mol. The van der Waals surface area contributed by atoms with Gasteiger partial charge in [-0.25, -0.2) is 0 Å². The van der Waals surface area contributed by atoms with Crippen LogP contribution in [0.3, 0.4) is 0 Å². The van der Waals surface area contributed by atoms with E-state index in [2.05, 4.69) is 0 Å². The Hall–Kier alpha value is -2.98. The molecule has 8 nitrogen and oxygen atoms in total. The summed E-state index contributed by atoms with van der Waals surface area (Å²) >= 11 is 2.25. The summed E-state index contributed by atoms with van der Waals surface area (Å²) in [4.78, 5) is 22.2. The molecule has 3 rings (SSSR count). The molecule has 0 aromatic carbocycles. The van der Waals surface area contributed by atoms with Gasteiger partial charge in [0.05, 0.1) is 21.3 Å². The number of allylic oxidation sites excluding steroid dienone is 2. The number of nitro groups is 2. The van der Waals surface area contributed by atoms with Gasteiger partial charge in [0.15, 0.2) is 0 Å². The highest BCUT2D eigenvalue weighted by atomic mass is 32.1. The zero-order chi connectivity index (χ0) is 17.4. The molecule has 0 amide bonds. The summed E-state index contributed by atoms with van der Waals surface area (Å²) in [7, 11) is 0. The van der Waals surface area contributed by atoms with E-state index in [9.17, 15) is 20.2 Å². The van der Waals surface area contributed by atoms with E-state index in [0.717, 1.165) is 22.7 Å². The summed E-state index contributed by atoms with van der Waals surface area (Å²) in [5.74, 6) is 0. The summed E-state index contributed by atoms with van der Waals surface area (Å²) in [6, 6.07) is 6.34. The minimum Gasteiger partial charge on any atom is -0.298 e. The van der Waals surface area contributed by atoms with E-state index >= 15 is 0 Å². The van der Waals surface area contributed by atoms with Gasteiger partial charge in [-0.2, -0.15) is 0 Å². The van der Waals surface area contributed by atoms with Gasteiger partial charge >= 0.3 is 11.4 Å². The molecule has 2 N–H and O–H groups in total. The number of thiophene rings is 2. The van der Waals surface area contributed by atoms with Crippen LogP contribution in [0.4, 0.5) is 0 Å². The third-order valence-corrected chi connectivity index (χ3v) is 5.12. The summed E-state index contributed by atoms with van der Waals surface area (Å²) in [6.45, 7) is 0. The van der Waals surface area contributed by atoms with Gasteiger partial charge in [0.2, 0.25) is 0 Å². The Bertz CT molecular complexity index is 861. The number of nitrogens with one attached hydrogen (secondary N) is 2. The van der Waals surface area contributed by atoms with Gasteiger partial charge in [0.25, 0.3) is 0 Å². The van der Waals surface area contributed by atoms with E-state index in [0.29, 0.717) is 9.75 Å². The second-order valence-electron chi connectivity index (χ2n) is 4.67. The van der Waals surface area contributed by atoms with E-state index in [4.69, 9.17) is 10.8 Å². The lowest BCUT2D eigenvalue weighted by Gasteiger charge is -2.17.